The normalized spacial score (nSPS) is 15.5. The predicted molar refractivity (Wildman–Crippen MR) is 93.8 cm³/mol. The average molecular weight is 323 g/mol. The van der Waals surface area contributed by atoms with Crippen molar-refractivity contribution in [3.63, 3.8) is 0 Å². The van der Waals surface area contributed by atoms with Gasteiger partial charge in [0.05, 0.1) is 10.7 Å². The van der Waals surface area contributed by atoms with Gasteiger partial charge in [0.2, 0.25) is 5.91 Å². The van der Waals surface area contributed by atoms with E-state index in [0.717, 1.165) is 49.7 Å². The number of hydrogen-bond donors (Lipinski definition) is 0. The van der Waals surface area contributed by atoms with Gasteiger partial charge in [-0.15, -0.1) is 0 Å². The summed E-state index contributed by atoms with van der Waals surface area (Å²) in [5, 5.41) is 0.817. The van der Waals surface area contributed by atoms with E-state index in [1.807, 2.05) is 11.0 Å². The number of anilines is 1. The standard InChI is InChI=1S/C18H27ClN2O/c1-5-15(6-2)18(22)21-9-7-20(8-10-21)17-14(4)11-13(3)12-16(17)19/h11-12,15H,5-10H2,1-4H3. The fourth-order valence-electron chi connectivity index (χ4n) is 3.36. The molecular formula is C18H27ClN2O. The van der Waals surface area contributed by atoms with Crippen molar-refractivity contribution < 1.29 is 4.79 Å². The summed E-state index contributed by atoms with van der Waals surface area (Å²) in [6.45, 7) is 11.7. The number of amides is 1. The van der Waals surface area contributed by atoms with Crippen molar-refractivity contribution in [3.8, 4) is 0 Å². The first kappa shape index (κ1) is 17.1. The van der Waals surface area contributed by atoms with E-state index < -0.39 is 0 Å². The molecule has 2 rings (SSSR count). The van der Waals surface area contributed by atoms with Crippen LogP contribution in [0, 0.1) is 19.8 Å². The summed E-state index contributed by atoms with van der Waals surface area (Å²) in [5.74, 6) is 0.493. The quantitative estimate of drug-likeness (QED) is 0.835. The Morgan fingerprint density at radius 3 is 2.23 bits per heavy atom. The number of piperazine rings is 1. The van der Waals surface area contributed by atoms with E-state index >= 15 is 0 Å². The molecule has 1 aliphatic heterocycles. The van der Waals surface area contributed by atoms with Crippen LogP contribution >= 0.6 is 11.6 Å². The summed E-state index contributed by atoms with van der Waals surface area (Å²) in [5.41, 5.74) is 3.53. The minimum absolute atomic E-state index is 0.177. The number of hydrogen-bond acceptors (Lipinski definition) is 2. The Labute approximate surface area is 139 Å². The molecule has 22 heavy (non-hydrogen) atoms. The van der Waals surface area contributed by atoms with E-state index in [9.17, 15) is 4.79 Å². The summed E-state index contributed by atoms with van der Waals surface area (Å²) in [6.07, 6.45) is 1.86. The molecule has 1 aliphatic rings. The molecule has 1 heterocycles. The van der Waals surface area contributed by atoms with Crippen LogP contribution < -0.4 is 4.90 Å². The van der Waals surface area contributed by atoms with Gasteiger partial charge in [-0.05, 0) is 43.9 Å². The first-order valence-corrected chi connectivity index (χ1v) is 8.66. The topological polar surface area (TPSA) is 23.6 Å². The van der Waals surface area contributed by atoms with Crippen molar-refractivity contribution in [3.05, 3.63) is 28.3 Å². The van der Waals surface area contributed by atoms with Crippen LogP contribution in [0.1, 0.15) is 37.8 Å². The summed E-state index contributed by atoms with van der Waals surface area (Å²) in [6, 6.07) is 4.19. The Bertz CT molecular complexity index is 509. The molecule has 1 saturated heterocycles. The molecule has 0 radical (unpaired) electrons. The van der Waals surface area contributed by atoms with Crippen LogP contribution in [0.15, 0.2) is 12.1 Å². The van der Waals surface area contributed by atoms with Gasteiger partial charge in [-0.1, -0.05) is 31.5 Å². The molecule has 0 aromatic heterocycles. The van der Waals surface area contributed by atoms with Crippen LogP contribution in [-0.4, -0.2) is 37.0 Å². The van der Waals surface area contributed by atoms with Gasteiger partial charge in [0.25, 0.3) is 0 Å². The van der Waals surface area contributed by atoms with Crippen LogP contribution in [0.5, 0.6) is 0 Å². The largest absolute Gasteiger partial charge is 0.367 e. The molecule has 0 saturated carbocycles. The lowest BCUT2D eigenvalue weighted by Gasteiger charge is -2.38. The first-order valence-electron chi connectivity index (χ1n) is 8.28. The Kier molecular flexibility index (Phi) is 5.74. The lowest BCUT2D eigenvalue weighted by atomic mass is 10.0. The molecule has 0 atom stereocenters. The third-order valence-electron chi connectivity index (χ3n) is 4.64. The maximum absolute atomic E-state index is 12.5. The monoisotopic (exact) mass is 322 g/mol. The van der Waals surface area contributed by atoms with E-state index in [-0.39, 0.29) is 5.92 Å². The minimum Gasteiger partial charge on any atom is -0.367 e. The van der Waals surface area contributed by atoms with Crippen LogP contribution in [-0.2, 0) is 4.79 Å². The van der Waals surface area contributed by atoms with Gasteiger partial charge in [-0.3, -0.25) is 4.79 Å². The zero-order chi connectivity index (χ0) is 16.3. The van der Waals surface area contributed by atoms with Crippen LogP contribution in [0.2, 0.25) is 5.02 Å². The number of benzene rings is 1. The third-order valence-corrected chi connectivity index (χ3v) is 4.93. The van der Waals surface area contributed by atoms with Gasteiger partial charge in [-0.2, -0.15) is 0 Å². The van der Waals surface area contributed by atoms with Gasteiger partial charge in [0, 0.05) is 32.1 Å². The fourth-order valence-corrected chi connectivity index (χ4v) is 3.80. The maximum atomic E-state index is 12.5. The highest BCUT2D eigenvalue weighted by Gasteiger charge is 2.26. The molecule has 0 N–H and O–H groups in total. The number of halogens is 1. The number of rotatable bonds is 4. The molecule has 1 aromatic carbocycles. The minimum atomic E-state index is 0.177. The summed E-state index contributed by atoms with van der Waals surface area (Å²) >= 11 is 6.44. The number of nitrogens with zero attached hydrogens (tertiary/aromatic N) is 2. The van der Waals surface area contributed by atoms with Gasteiger partial charge >= 0.3 is 0 Å². The van der Waals surface area contributed by atoms with Crippen molar-refractivity contribution >= 4 is 23.2 Å². The smallest absolute Gasteiger partial charge is 0.225 e. The Balaban J connectivity index is 2.05. The van der Waals surface area contributed by atoms with Crippen molar-refractivity contribution in [2.75, 3.05) is 31.1 Å². The summed E-state index contributed by atoms with van der Waals surface area (Å²) < 4.78 is 0. The highest BCUT2D eigenvalue weighted by Crippen LogP contribution is 2.31. The Morgan fingerprint density at radius 2 is 1.73 bits per heavy atom. The third kappa shape index (κ3) is 3.57. The molecule has 1 fully saturated rings. The first-order chi connectivity index (χ1) is 10.5. The van der Waals surface area contributed by atoms with E-state index in [0.29, 0.717) is 5.91 Å². The zero-order valence-corrected chi connectivity index (χ0v) is 14.9. The number of aryl methyl sites for hydroxylation is 2. The molecule has 1 aromatic rings. The fraction of sp³-hybridized carbons (Fsp3) is 0.611. The predicted octanol–water partition coefficient (Wildman–Crippen LogP) is 4.04. The second kappa shape index (κ2) is 7.36. The zero-order valence-electron chi connectivity index (χ0n) is 14.2. The van der Waals surface area contributed by atoms with Gasteiger partial charge in [0.1, 0.15) is 0 Å². The molecule has 0 spiro atoms. The molecule has 4 heteroatoms. The van der Waals surface area contributed by atoms with Crippen LogP contribution in [0.4, 0.5) is 5.69 Å². The number of carbonyl (C=O) groups is 1. The summed E-state index contributed by atoms with van der Waals surface area (Å²) in [7, 11) is 0. The molecule has 0 aliphatic carbocycles. The van der Waals surface area contributed by atoms with Crippen LogP contribution in [0.3, 0.4) is 0 Å². The lowest BCUT2D eigenvalue weighted by Crippen LogP contribution is -2.50. The lowest BCUT2D eigenvalue weighted by molar-refractivity contribution is -0.136. The van der Waals surface area contributed by atoms with E-state index in [4.69, 9.17) is 11.6 Å². The average Bonchev–Trinajstić information content (AvgIpc) is 2.48. The molecule has 122 valence electrons. The van der Waals surface area contributed by atoms with Crippen molar-refractivity contribution in [1.29, 1.82) is 0 Å². The van der Waals surface area contributed by atoms with Crippen molar-refractivity contribution in [1.82, 2.24) is 4.90 Å². The highest BCUT2D eigenvalue weighted by molar-refractivity contribution is 6.33. The molecule has 1 amide bonds. The van der Waals surface area contributed by atoms with E-state index in [1.165, 1.54) is 11.1 Å². The van der Waals surface area contributed by atoms with E-state index in [1.54, 1.807) is 0 Å². The van der Waals surface area contributed by atoms with Crippen LogP contribution in [0.25, 0.3) is 0 Å². The second-order valence-electron chi connectivity index (χ2n) is 6.24. The summed E-state index contributed by atoms with van der Waals surface area (Å²) in [4.78, 5) is 16.8. The maximum Gasteiger partial charge on any atom is 0.225 e. The molecular weight excluding hydrogens is 296 g/mol. The van der Waals surface area contributed by atoms with E-state index in [2.05, 4.69) is 38.7 Å². The second-order valence-corrected chi connectivity index (χ2v) is 6.65. The van der Waals surface area contributed by atoms with Crippen molar-refractivity contribution in [2.24, 2.45) is 5.92 Å². The SMILES string of the molecule is CCC(CC)C(=O)N1CCN(c2c(C)cc(C)cc2Cl)CC1. The van der Waals surface area contributed by atoms with Crippen molar-refractivity contribution in [2.45, 2.75) is 40.5 Å². The van der Waals surface area contributed by atoms with Gasteiger partial charge < -0.3 is 9.80 Å². The van der Waals surface area contributed by atoms with Gasteiger partial charge in [-0.25, -0.2) is 0 Å². The highest BCUT2D eigenvalue weighted by atomic mass is 35.5. The molecule has 3 nitrogen and oxygen atoms in total. The van der Waals surface area contributed by atoms with Gasteiger partial charge in [0.15, 0.2) is 0 Å². The Morgan fingerprint density at radius 1 is 1.14 bits per heavy atom. The molecule has 0 bridgehead atoms. The number of carbonyl (C=O) groups excluding carboxylic acids is 1. The molecule has 0 unspecified atom stereocenters. The Hall–Kier alpha value is -1.22.